The second kappa shape index (κ2) is 12.1. The second-order valence-electron chi connectivity index (χ2n) is 11.2. The van der Waals surface area contributed by atoms with Gasteiger partial charge in [0.2, 0.25) is 11.9 Å². The molecule has 2 aromatic heterocycles. The van der Waals surface area contributed by atoms with Gasteiger partial charge in [0, 0.05) is 74.1 Å². The van der Waals surface area contributed by atoms with E-state index in [1.54, 1.807) is 27.8 Å². The Balaban J connectivity index is 1.16. The van der Waals surface area contributed by atoms with Gasteiger partial charge in [-0.3, -0.25) is 13.9 Å². The minimum Gasteiger partial charge on any atom is -0.369 e. The summed E-state index contributed by atoms with van der Waals surface area (Å²) in [6, 6.07) is 13.0. The molecule has 12 heteroatoms. The molecule has 10 nitrogen and oxygen atoms in total. The number of nitrogens with zero attached hydrogens (tertiary/aromatic N) is 6. The van der Waals surface area contributed by atoms with Crippen LogP contribution in [0.2, 0.25) is 0 Å². The molecule has 2 aliphatic heterocycles. The average molecular weight is 608 g/mol. The van der Waals surface area contributed by atoms with Crippen LogP contribution in [0.5, 0.6) is 0 Å². The fourth-order valence-corrected chi connectivity index (χ4v) is 7.02. The van der Waals surface area contributed by atoms with Gasteiger partial charge in [0.05, 0.1) is 17.9 Å². The van der Waals surface area contributed by atoms with Crippen molar-refractivity contribution in [2.24, 2.45) is 0 Å². The van der Waals surface area contributed by atoms with Crippen LogP contribution >= 0.6 is 10.6 Å². The number of aryl methyl sites for hydroxylation is 1. The molecular formula is C31H38FN7O3S. The van der Waals surface area contributed by atoms with Crippen LogP contribution in [0.15, 0.2) is 54.9 Å². The van der Waals surface area contributed by atoms with E-state index in [1.165, 1.54) is 17.3 Å². The molecule has 0 bridgehead atoms. The normalized spacial score (nSPS) is 18.2. The smallest absolute Gasteiger partial charge is 0.229 e. The van der Waals surface area contributed by atoms with E-state index in [4.69, 9.17) is 4.98 Å². The Morgan fingerprint density at radius 2 is 1.79 bits per heavy atom. The van der Waals surface area contributed by atoms with E-state index in [0.717, 1.165) is 43.8 Å². The molecule has 43 heavy (non-hydrogen) atoms. The van der Waals surface area contributed by atoms with E-state index in [9.17, 15) is 13.9 Å². The first-order chi connectivity index (χ1) is 20.7. The lowest BCUT2D eigenvalue weighted by atomic mass is 10.1. The Kier molecular flexibility index (Phi) is 8.27. The lowest BCUT2D eigenvalue weighted by Gasteiger charge is -2.41. The van der Waals surface area contributed by atoms with E-state index in [0.29, 0.717) is 22.8 Å². The van der Waals surface area contributed by atoms with Crippen molar-refractivity contribution < 1.29 is 18.3 Å². The summed E-state index contributed by atoms with van der Waals surface area (Å²) < 4.78 is 36.6. The molecule has 0 radical (unpaired) electrons. The summed E-state index contributed by atoms with van der Waals surface area (Å²) in [7, 11) is -2.60. The van der Waals surface area contributed by atoms with E-state index in [2.05, 4.69) is 46.1 Å². The minimum atomic E-state index is -2.60. The predicted octanol–water partition coefficient (Wildman–Crippen LogP) is 4.89. The zero-order valence-electron chi connectivity index (χ0n) is 24.5. The Morgan fingerprint density at radius 3 is 2.49 bits per heavy atom. The number of aromatic nitrogens is 3. The van der Waals surface area contributed by atoms with E-state index < -0.39 is 16.4 Å². The highest BCUT2D eigenvalue weighted by Gasteiger charge is 2.26. The first-order valence-electron chi connectivity index (χ1n) is 14.7. The van der Waals surface area contributed by atoms with Crippen molar-refractivity contribution in [2.45, 2.75) is 20.3 Å². The predicted molar refractivity (Wildman–Crippen MR) is 170 cm³/mol. The summed E-state index contributed by atoms with van der Waals surface area (Å²) >= 11 is 0. The fourth-order valence-electron chi connectivity index (χ4n) is 5.79. The second-order valence-corrected chi connectivity index (χ2v) is 13.7. The van der Waals surface area contributed by atoms with Gasteiger partial charge in [0.15, 0.2) is 0 Å². The molecule has 2 fully saturated rings. The molecule has 2 saturated heterocycles. The molecule has 0 saturated carbocycles. The summed E-state index contributed by atoms with van der Waals surface area (Å²) in [5.41, 5.74) is 4.84. The highest BCUT2D eigenvalue weighted by atomic mass is 32.3. The number of carbonyl (C=O) groups is 1. The Morgan fingerprint density at radius 1 is 1.02 bits per heavy atom. The van der Waals surface area contributed by atoms with Gasteiger partial charge in [-0.1, -0.05) is 13.0 Å². The molecule has 4 aromatic rings. The molecule has 2 aliphatic rings. The molecule has 0 aliphatic carbocycles. The zero-order valence-corrected chi connectivity index (χ0v) is 25.4. The van der Waals surface area contributed by atoms with Crippen LogP contribution < -0.4 is 10.2 Å². The standard InChI is InChI=1S/C31H38FN7O3S/c1-3-36-10-12-37(13-11-36)28-7-5-25(18-22(28)2)34-31-33-21-24-8-9-39(30(24)35-31)26-6-4-23(27(32)20-26)19-29(40)38-14-16-43(41,42)17-15-38/h4-9,18,20-21,41-42H,3,10-17,19H2,1-2H3,(H,33,34,35). The number of amides is 1. The topological polar surface area (TPSA) is 110 Å². The Labute approximate surface area is 252 Å². The van der Waals surface area contributed by atoms with Crippen LogP contribution in [-0.4, -0.2) is 96.7 Å². The van der Waals surface area contributed by atoms with Gasteiger partial charge in [0.25, 0.3) is 0 Å². The number of hydrogen-bond donors (Lipinski definition) is 3. The third kappa shape index (κ3) is 6.47. The molecule has 2 aromatic carbocycles. The van der Waals surface area contributed by atoms with E-state index in [-0.39, 0.29) is 36.9 Å². The molecule has 1 amide bonds. The van der Waals surface area contributed by atoms with E-state index in [1.807, 2.05) is 18.3 Å². The van der Waals surface area contributed by atoms with E-state index >= 15 is 4.39 Å². The number of nitrogens with one attached hydrogen (secondary N) is 1. The lowest BCUT2D eigenvalue weighted by molar-refractivity contribution is -0.130. The van der Waals surface area contributed by atoms with Gasteiger partial charge in [-0.05, 0) is 61.0 Å². The molecular weight excluding hydrogens is 569 g/mol. The third-order valence-electron chi connectivity index (χ3n) is 8.43. The Hall–Kier alpha value is -3.71. The van der Waals surface area contributed by atoms with Crippen LogP contribution in [0.25, 0.3) is 16.7 Å². The van der Waals surface area contributed by atoms with Crippen molar-refractivity contribution in [3.05, 3.63) is 71.8 Å². The quantitative estimate of drug-likeness (QED) is 0.273. The third-order valence-corrected chi connectivity index (χ3v) is 10.1. The number of carbonyl (C=O) groups excluding carboxylic acids is 1. The first kappa shape index (κ1) is 29.4. The van der Waals surface area contributed by atoms with Crippen LogP contribution in [-0.2, 0) is 11.2 Å². The van der Waals surface area contributed by atoms with Gasteiger partial charge in [0.1, 0.15) is 11.5 Å². The highest BCUT2D eigenvalue weighted by molar-refractivity contribution is 8.24. The van der Waals surface area contributed by atoms with Gasteiger partial charge >= 0.3 is 0 Å². The number of hydrogen-bond acceptors (Lipinski definition) is 8. The van der Waals surface area contributed by atoms with Crippen LogP contribution in [0.1, 0.15) is 18.1 Å². The highest BCUT2D eigenvalue weighted by Crippen LogP contribution is 2.40. The number of fused-ring (bicyclic) bond motifs is 1. The maximum atomic E-state index is 15.2. The van der Waals surface area contributed by atoms with Crippen molar-refractivity contribution >= 4 is 44.9 Å². The molecule has 0 atom stereocenters. The summed E-state index contributed by atoms with van der Waals surface area (Å²) in [6.07, 6.45) is 3.49. The van der Waals surface area contributed by atoms with Crippen LogP contribution in [0, 0.1) is 12.7 Å². The van der Waals surface area contributed by atoms with Crippen molar-refractivity contribution in [2.75, 3.05) is 67.5 Å². The minimum absolute atomic E-state index is 0.0822. The number of anilines is 3. The molecule has 6 rings (SSSR count). The molecule has 0 unspecified atom stereocenters. The number of likely N-dealkylation sites (N-methyl/N-ethyl adjacent to an activating group) is 1. The monoisotopic (exact) mass is 607 g/mol. The summed E-state index contributed by atoms with van der Waals surface area (Å²) in [5.74, 6) is 0.0753. The SMILES string of the molecule is CCN1CCN(c2ccc(Nc3ncc4ccn(-c5ccc(CC(=O)N6CCS(O)(O)CC6)c(F)c5)c4n3)cc2C)CC1. The average Bonchev–Trinajstić information content (AvgIpc) is 3.41. The van der Waals surface area contributed by atoms with Crippen LogP contribution in [0.3, 0.4) is 0 Å². The van der Waals surface area contributed by atoms with Gasteiger partial charge in [-0.2, -0.15) is 15.6 Å². The van der Waals surface area contributed by atoms with Crippen LogP contribution in [0.4, 0.5) is 21.7 Å². The summed E-state index contributed by atoms with van der Waals surface area (Å²) in [6.45, 7) is 10.1. The Bertz CT molecular complexity index is 1630. The zero-order chi connectivity index (χ0) is 30.1. The summed E-state index contributed by atoms with van der Waals surface area (Å²) in [5, 5.41) is 4.14. The number of rotatable bonds is 7. The van der Waals surface area contributed by atoms with Gasteiger partial charge in [-0.25, -0.2) is 9.37 Å². The van der Waals surface area contributed by atoms with Crippen molar-refractivity contribution in [3.63, 3.8) is 0 Å². The maximum Gasteiger partial charge on any atom is 0.229 e. The fraction of sp³-hybridized carbons (Fsp3) is 0.387. The first-order valence-corrected chi connectivity index (χ1v) is 16.6. The lowest BCUT2D eigenvalue weighted by Crippen LogP contribution is -2.46. The number of halogens is 1. The molecule has 0 spiro atoms. The van der Waals surface area contributed by atoms with Crippen molar-refractivity contribution in [3.8, 4) is 5.69 Å². The van der Waals surface area contributed by atoms with Crippen molar-refractivity contribution in [1.82, 2.24) is 24.3 Å². The van der Waals surface area contributed by atoms with Crippen molar-refractivity contribution in [1.29, 1.82) is 0 Å². The summed E-state index contributed by atoms with van der Waals surface area (Å²) in [4.78, 5) is 28.4. The maximum absolute atomic E-state index is 15.2. The van der Waals surface area contributed by atoms with Gasteiger partial charge < -0.3 is 24.6 Å². The molecule has 3 N–H and O–H groups in total. The van der Waals surface area contributed by atoms with Gasteiger partial charge in [-0.15, -0.1) is 0 Å². The number of piperazine rings is 1. The number of benzene rings is 2. The molecule has 4 heterocycles. The molecule has 228 valence electrons. The largest absolute Gasteiger partial charge is 0.369 e.